The second-order valence-electron chi connectivity index (χ2n) is 7.10. The van der Waals surface area contributed by atoms with Gasteiger partial charge < -0.3 is 9.64 Å². The van der Waals surface area contributed by atoms with Crippen LogP contribution in [0.2, 0.25) is 0 Å². The monoisotopic (exact) mass is 363 g/mol. The van der Waals surface area contributed by atoms with E-state index >= 15 is 0 Å². The minimum Gasteiger partial charge on any atom is -0.377 e. The van der Waals surface area contributed by atoms with E-state index < -0.39 is 0 Å². The third kappa shape index (κ3) is 5.19. The van der Waals surface area contributed by atoms with Crippen LogP contribution in [0.4, 0.5) is 0 Å². The Morgan fingerprint density at radius 3 is 2.96 bits per heavy atom. The third-order valence-corrected chi connectivity index (χ3v) is 5.73. The van der Waals surface area contributed by atoms with Crippen LogP contribution in [0.3, 0.4) is 0 Å². The normalized spacial score (nSPS) is 22.4. The Hall–Kier alpha value is -1.11. The number of carbonyl (C=O) groups is 1. The van der Waals surface area contributed by atoms with Crippen molar-refractivity contribution in [2.24, 2.45) is 0 Å². The van der Waals surface area contributed by atoms with Crippen molar-refractivity contribution in [1.82, 2.24) is 14.8 Å². The first-order chi connectivity index (χ1) is 12.1. The van der Waals surface area contributed by atoms with E-state index in [1.807, 2.05) is 17.0 Å². The van der Waals surface area contributed by atoms with Crippen molar-refractivity contribution < 1.29 is 9.53 Å². The Kier molecular flexibility index (Phi) is 6.73. The van der Waals surface area contributed by atoms with Gasteiger partial charge in [0.2, 0.25) is 0 Å². The number of ether oxygens (including phenoxy) is 1. The zero-order chi connectivity index (χ0) is 17.6. The summed E-state index contributed by atoms with van der Waals surface area (Å²) in [6, 6.07) is 3.77. The zero-order valence-corrected chi connectivity index (χ0v) is 16.1. The molecule has 2 saturated heterocycles. The minimum atomic E-state index is 0.121. The summed E-state index contributed by atoms with van der Waals surface area (Å²) in [5.41, 5.74) is 0.744. The molecule has 0 aliphatic carbocycles. The fraction of sp³-hybridized carbons (Fsp3) is 0.684. The van der Waals surface area contributed by atoms with Crippen LogP contribution >= 0.6 is 11.8 Å². The van der Waals surface area contributed by atoms with Gasteiger partial charge in [0.25, 0.3) is 5.91 Å². The second-order valence-corrected chi connectivity index (χ2v) is 8.67. The summed E-state index contributed by atoms with van der Waals surface area (Å²) in [6.07, 6.45) is 5.53. The number of hydrogen-bond acceptors (Lipinski definition) is 5. The first kappa shape index (κ1) is 18.7. The van der Waals surface area contributed by atoms with Crippen LogP contribution in [-0.4, -0.2) is 71.4 Å². The van der Waals surface area contributed by atoms with Crippen LogP contribution in [0, 0.1) is 0 Å². The van der Waals surface area contributed by atoms with Gasteiger partial charge >= 0.3 is 0 Å². The molecule has 0 aromatic carbocycles. The lowest BCUT2D eigenvalue weighted by atomic mass is 10.2. The van der Waals surface area contributed by atoms with Crippen LogP contribution in [0.25, 0.3) is 0 Å². The van der Waals surface area contributed by atoms with E-state index in [-0.39, 0.29) is 5.91 Å². The van der Waals surface area contributed by atoms with Gasteiger partial charge in [0.15, 0.2) is 0 Å². The number of aromatic nitrogens is 1. The first-order valence-corrected chi connectivity index (χ1v) is 10.3. The Morgan fingerprint density at radius 1 is 1.32 bits per heavy atom. The number of carbonyl (C=O) groups excluding carboxylic acids is 1. The van der Waals surface area contributed by atoms with Crippen molar-refractivity contribution in [1.29, 1.82) is 0 Å². The largest absolute Gasteiger partial charge is 0.377 e. The highest BCUT2D eigenvalue weighted by Crippen LogP contribution is 2.25. The van der Waals surface area contributed by atoms with Gasteiger partial charge in [-0.25, -0.2) is 4.98 Å². The molecule has 3 rings (SSSR count). The molecule has 25 heavy (non-hydrogen) atoms. The molecule has 1 aromatic heterocycles. The highest BCUT2D eigenvalue weighted by atomic mass is 32.2. The molecule has 2 aliphatic heterocycles. The van der Waals surface area contributed by atoms with Gasteiger partial charge in [-0.1, -0.05) is 13.8 Å². The van der Waals surface area contributed by atoms with Crippen LogP contribution in [0.5, 0.6) is 0 Å². The molecule has 6 heteroatoms. The Balaban J connectivity index is 1.61. The molecule has 0 bridgehead atoms. The second kappa shape index (κ2) is 9.01. The van der Waals surface area contributed by atoms with Gasteiger partial charge in [-0.05, 0) is 37.9 Å². The maximum atomic E-state index is 13.0. The average Bonchev–Trinajstić information content (AvgIpc) is 2.99. The SMILES string of the molecule is CC(C)Sc1ncccc1C(=O)N1CCCN(C[C@H]2CCCO2)CC1. The molecule has 0 spiro atoms. The highest BCUT2D eigenvalue weighted by molar-refractivity contribution is 7.99. The number of rotatable bonds is 5. The molecule has 3 heterocycles. The Bertz CT molecular complexity index is 576. The summed E-state index contributed by atoms with van der Waals surface area (Å²) in [6.45, 7) is 9.74. The summed E-state index contributed by atoms with van der Waals surface area (Å²) >= 11 is 1.66. The molecule has 2 aliphatic rings. The predicted molar refractivity (Wildman–Crippen MR) is 101 cm³/mol. The number of amides is 1. The highest BCUT2D eigenvalue weighted by Gasteiger charge is 2.25. The van der Waals surface area contributed by atoms with Crippen LogP contribution in [-0.2, 0) is 4.74 Å². The van der Waals surface area contributed by atoms with Crippen molar-refractivity contribution in [3.63, 3.8) is 0 Å². The summed E-state index contributed by atoms with van der Waals surface area (Å²) < 4.78 is 5.76. The number of pyridine rings is 1. The maximum Gasteiger partial charge on any atom is 0.256 e. The molecule has 5 nitrogen and oxygen atoms in total. The van der Waals surface area contributed by atoms with E-state index in [0.29, 0.717) is 11.4 Å². The summed E-state index contributed by atoms with van der Waals surface area (Å²) in [4.78, 5) is 21.9. The van der Waals surface area contributed by atoms with Crippen molar-refractivity contribution in [3.8, 4) is 0 Å². The quantitative estimate of drug-likeness (QED) is 0.753. The van der Waals surface area contributed by atoms with Gasteiger partial charge in [-0.3, -0.25) is 9.69 Å². The first-order valence-electron chi connectivity index (χ1n) is 9.38. The zero-order valence-electron chi connectivity index (χ0n) is 15.3. The smallest absolute Gasteiger partial charge is 0.256 e. The van der Waals surface area contributed by atoms with Crippen molar-refractivity contribution in [2.75, 3.05) is 39.3 Å². The molecule has 0 N–H and O–H groups in total. The van der Waals surface area contributed by atoms with Crippen LogP contribution in [0.1, 0.15) is 43.5 Å². The van der Waals surface area contributed by atoms with E-state index in [1.54, 1.807) is 18.0 Å². The molecular formula is C19H29N3O2S. The fourth-order valence-corrected chi connectivity index (χ4v) is 4.32. The van der Waals surface area contributed by atoms with E-state index in [0.717, 1.165) is 56.3 Å². The maximum absolute atomic E-state index is 13.0. The molecular weight excluding hydrogens is 334 g/mol. The fourth-order valence-electron chi connectivity index (χ4n) is 3.47. The lowest BCUT2D eigenvalue weighted by Crippen LogP contribution is -2.37. The molecule has 0 saturated carbocycles. The Morgan fingerprint density at radius 2 is 2.20 bits per heavy atom. The van der Waals surface area contributed by atoms with E-state index in [2.05, 4.69) is 23.7 Å². The standard InChI is InChI=1S/C19H29N3O2S/c1-15(2)25-18-17(7-3-8-20-18)19(23)22-10-5-9-21(11-12-22)14-16-6-4-13-24-16/h3,7-8,15-16H,4-6,9-14H2,1-2H3/t16-/m1/s1. The summed E-state index contributed by atoms with van der Waals surface area (Å²) in [5.74, 6) is 0.121. The van der Waals surface area contributed by atoms with E-state index in [9.17, 15) is 4.79 Å². The Labute approximate surface area is 155 Å². The third-order valence-electron chi connectivity index (χ3n) is 4.71. The number of thioether (sulfide) groups is 1. The molecule has 138 valence electrons. The number of nitrogens with zero attached hydrogens (tertiary/aromatic N) is 3. The van der Waals surface area contributed by atoms with Crippen molar-refractivity contribution in [3.05, 3.63) is 23.9 Å². The van der Waals surface area contributed by atoms with Crippen molar-refractivity contribution in [2.45, 2.75) is 49.5 Å². The van der Waals surface area contributed by atoms with Gasteiger partial charge in [-0.15, -0.1) is 11.8 Å². The van der Waals surface area contributed by atoms with Crippen LogP contribution < -0.4 is 0 Å². The number of hydrogen-bond donors (Lipinski definition) is 0. The van der Waals surface area contributed by atoms with Crippen molar-refractivity contribution >= 4 is 17.7 Å². The summed E-state index contributed by atoms with van der Waals surface area (Å²) in [7, 11) is 0. The minimum absolute atomic E-state index is 0.121. The molecule has 1 aromatic rings. The van der Waals surface area contributed by atoms with Gasteiger partial charge in [0, 0.05) is 44.2 Å². The van der Waals surface area contributed by atoms with E-state index in [1.165, 1.54) is 12.8 Å². The lowest BCUT2D eigenvalue weighted by molar-refractivity contribution is 0.0702. The topological polar surface area (TPSA) is 45.7 Å². The lowest BCUT2D eigenvalue weighted by Gasteiger charge is -2.24. The van der Waals surface area contributed by atoms with E-state index in [4.69, 9.17) is 4.74 Å². The molecule has 0 radical (unpaired) electrons. The molecule has 0 unspecified atom stereocenters. The predicted octanol–water partition coefficient (Wildman–Crippen LogP) is 2.91. The van der Waals surface area contributed by atoms with Gasteiger partial charge in [0.05, 0.1) is 11.7 Å². The summed E-state index contributed by atoms with van der Waals surface area (Å²) in [5, 5.41) is 1.26. The van der Waals surface area contributed by atoms with Crippen LogP contribution in [0.15, 0.2) is 23.4 Å². The van der Waals surface area contributed by atoms with Gasteiger partial charge in [-0.2, -0.15) is 0 Å². The average molecular weight is 364 g/mol. The molecule has 1 atom stereocenters. The molecule has 2 fully saturated rings. The van der Waals surface area contributed by atoms with Gasteiger partial charge in [0.1, 0.15) is 5.03 Å². The molecule has 1 amide bonds.